The molecule has 2 aromatic rings. The van der Waals surface area contributed by atoms with Crippen LogP contribution in [-0.2, 0) is 24.7 Å². The lowest BCUT2D eigenvalue weighted by molar-refractivity contribution is -0.117. The van der Waals surface area contributed by atoms with E-state index in [2.05, 4.69) is 31.1 Å². The maximum absolute atomic E-state index is 13.2. The first-order valence-corrected chi connectivity index (χ1v) is 13.8. The van der Waals surface area contributed by atoms with E-state index in [0.717, 1.165) is 49.0 Å². The SMILES string of the molecule is Cn1nc(OC(F)(F)Cl)cc1NC(=S)N[C@H]1CCc2sc(NC(=O)C3CC3)c(C(=O)NCC3CC3)c2C1. The molecule has 3 aliphatic carbocycles. The Balaban J connectivity index is 1.26. The Bertz CT molecular complexity index is 1220. The lowest BCUT2D eigenvalue weighted by Gasteiger charge is -2.25. The van der Waals surface area contributed by atoms with Crippen LogP contribution in [0.15, 0.2) is 6.07 Å². The van der Waals surface area contributed by atoms with Gasteiger partial charge >= 0.3 is 5.57 Å². The van der Waals surface area contributed by atoms with Gasteiger partial charge in [0.25, 0.3) is 5.91 Å². The third-order valence-electron chi connectivity index (χ3n) is 6.58. The van der Waals surface area contributed by atoms with Crippen LogP contribution < -0.4 is 26.0 Å². The summed E-state index contributed by atoms with van der Waals surface area (Å²) in [7, 11) is 1.55. The minimum atomic E-state index is -3.87. The van der Waals surface area contributed by atoms with Crippen LogP contribution in [0, 0.1) is 11.8 Å². The molecule has 9 nitrogen and oxygen atoms in total. The molecule has 0 aliphatic heterocycles. The van der Waals surface area contributed by atoms with Crippen LogP contribution in [0.4, 0.5) is 19.6 Å². The number of amides is 2. The summed E-state index contributed by atoms with van der Waals surface area (Å²) in [6.45, 7) is 0.640. The van der Waals surface area contributed by atoms with Gasteiger partial charge in [-0.05, 0) is 68.6 Å². The summed E-state index contributed by atoms with van der Waals surface area (Å²) in [5, 5.41) is 17.0. The van der Waals surface area contributed by atoms with Gasteiger partial charge < -0.3 is 26.0 Å². The number of aromatic nitrogens is 2. The second-order valence-electron chi connectivity index (χ2n) is 9.70. The second kappa shape index (κ2) is 10.3. The van der Waals surface area contributed by atoms with Crippen molar-refractivity contribution >= 4 is 62.9 Å². The largest absolute Gasteiger partial charge is 0.488 e. The summed E-state index contributed by atoms with van der Waals surface area (Å²) in [4.78, 5) is 26.8. The molecule has 2 fully saturated rings. The summed E-state index contributed by atoms with van der Waals surface area (Å²) in [6, 6.07) is 1.19. The van der Waals surface area contributed by atoms with Gasteiger partial charge in [-0.1, -0.05) is 0 Å². The average Bonchev–Trinajstić information content (AvgIpc) is 3.72. The number of thiophene rings is 1. The van der Waals surface area contributed by atoms with E-state index < -0.39 is 5.57 Å². The molecule has 0 saturated heterocycles. The van der Waals surface area contributed by atoms with Gasteiger partial charge in [-0.3, -0.25) is 9.59 Å². The average molecular weight is 573 g/mol. The zero-order valence-electron chi connectivity index (χ0n) is 20.0. The van der Waals surface area contributed by atoms with Crippen LogP contribution in [0.5, 0.6) is 5.88 Å². The first kappa shape index (κ1) is 26.1. The molecule has 2 saturated carbocycles. The van der Waals surface area contributed by atoms with E-state index in [1.807, 2.05) is 0 Å². The van der Waals surface area contributed by atoms with Crippen LogP contribution >= 0.6 is 35.2 Å². The van der Waals surface area contributed by atoms with Crippen molar-refractivity contribution in [2.75, 3.05) is 17.2 Å². The van der Waals surface area contributed by atoms with Crippen molar-refractivity contribution in [3.8, 4) is 5.88 Å². The van der Waals surface area contributed by atoms with Crippen molar-refractivity contribution in [2.24, 2.45) is 18.9 Å². The Hall–Kier alpha value is -2.51. The normalized spacial score (nSPS) is 19.1. The molecule has 1 atom stereocenters. The van der Waals surface area contributed by atoms with Gasteiger partial charge in [-0.15, -0.1) is 25.2 Å². The van der Waals surface area contributed by atoms with E-state index in [1.165, 1.54) is 22.1 Å². The minimum Gasteiger partial charge on any atom is -0.400 e. The first-order chi connectivity index (χ1) is 17.6. The molecule has 4 N–H and O–H groups in total. The number of alkyl halides is 3. The molecule has 2 heterocycles. The van der Waals surface area contributed by atoms with Crippen LogP contribution in [-0.4, -0.2) is 44.9 Å². The Morgan fingerprint density at radius 2 is 2.03 bits per heavy atom. The molecule has 200 valence electrons. The summed E-state index contributed by atoms with van der Waals surface area (Å²) >= 11 is 11.7. The highest BCUT2D eigenvalue weighted by atomic mass is 35.5. The number of nitrogens with one attached hydrogen (secondary N) is 4. The van der Waals surface area contributed by atoms with Crippen LogP contribution in [0.1, 0.15) is 52.9 Å². The quantitative estimate of drug-likeness (QED) is 0.266. The maximum Gasteiger partial charge on any atom is 0.488 e. The van der Waals surface area contributed by atoms with Crippen LogP contribution in [0.3, 0.4) is 0 Å². The zero-order valence-corrected chi connectivity index (χ0v) is 22.4. The van der Waals surface area contributed by atoms with Crippen molar-refractivity contribution in [3.63, 3.8) is 0 Å². The van der Waals surface area contributed by atoms with E-state index in [1.54, 1.807) is 7.05 Å². The predicted molar refractivity (Wildman–Crippen MR) is 141 cm³/mol. The fraction of sp³-hybridized carbons (Fsp3) is 0.565. The zero-order chi connectivity index (χ0) is 26.3. The molecule has 0 unspecified atom stereocenters. The molecule has 2 amide bonds. The number of carbonyl (C=O) groups is 2. The number of ether oxygens (including phenoxy) is 1. The number of nitrogens with zero attached hydrogens (tertiary/aromatic N) is 2. The number of fused-ring (bicyclic) bond motifs is 1. The van der Waals surface area contributed by atoms with E-state index in [0.29, 0.717) is 35.3 Å². The van der Waals surface area contributed by atoms with Gasteiger partial charge in [0, 0.05) is 48.1 Å². The van der Waals surface area contributed by atoms with Gasteiger partial charge in [0.15, 0.2) is 5.11 Å². The van der Waals surface area contributed by atoms with E-state index in [-0.39, 0.29) is 34.8 Å². The summed E-state index contributed by atoms with van der Waals surface area (Å²) < 4.78 is 31.4. The third kappa shape index (κ3) is 6.68. The number of thiocarbonyl (C=S) groups is 1. The monoisotopic (exact) mass is 572 g/mol. The Morgan fingerprint density at radius 3 is 2.70 bits per heavy atom. The van der Waals surface area contributed by atoms with Crippen molar-refractivity contribution < 1.29 is 23.1 Å². The molecule has 5 rings (SSSR count). The highest BCUT2D eigenvalue weighted by Crippen LogP contribution is 2.40. The first-order valence-electron chi connectivity index (χ1n) is 12.2. The van der Waals surface area contributed by atoms with Gasteiger partial charge in [0.1, 0.15) is 10.8 Å². The van der Waals surface area contributed by atoms with Gasteiger partial charge in [-0.25, -0.2) is 4.68 Å². The second-order valence-corrected chi connectivity index (χ2v) is 11.7. The number of rotatable bonds is 9. The van der Waals surface area contributed by atoms with E-state index in [9.17, 15) is 18.4 Å². The lowest BCUT2D eigenvalue weighted by Crippen LogP contribution is -2.41. The standard InChI is InChI=1S/C23H27ClF2N6O3S2/c1-32-16(9-17(31-32)35-23(24,25)26)29-22(36)28-13-6-7-15-14(8-13)18(20(34)27-10-11-2-3-11)21(37-15)30-19(33)12-4-5-12/h9,11-13H,2-8,10H2,1H3,(H,27,34)(H,30,33)(H2,28,29,36)/t13-/m0/s1. The maximum atomic E-state index is 13.2. The molecule has 2 aromatic heterocycles. The highest BCUT2D eigenvalue weighted by Gasteiger charge is 2.34. The van der Waals surface area contributed by atoms with Gasteiger partial charge in [-0.2, -0.15) is 0 Å². The molecule has 37 heavy (non-hydrogen) atoms. The molecule has 0 radical (unpaired) electrons. The van der Waals surface area contributed by atoms with Crippen LogP contribution in [0.25, 0.3) is 0 Å². The molecular weight excluding hydrogens is 546 g/mol. The summed E-state index contributed by atoms with van der Waals surface area (Å²) in [5.74, 6) is 0.376. The van der Waals surface area contributed by atoms with Gasteiger partial charge in [0.05, 0.1) is 5.56 Å². The minimum absolute atomic E-state index is 0.0265. The lowest BCUT2D eigenvalue weighted by atomic mass is 9.91. The number of aryl methyl sites for hydroxylation is 2. The number of anilines is 2. The van der Waals surface area contributed by atoms with Crippen LogP contribution in [0.2, 0.25) is 0 Å². The number of hydrogen-bond donors (Lipinski definition) is 4. The third-order valence-corrected chi connectivity index (χ3v) is 8.08. The predicted octanol–water partition coefficient (Wildman–Crippen LogP) is 3.98. The van der Waals surface area contributed by atoms with E-state index in [4.69, 9.17) is 23.8 Å². The molecule has 3 aliphatic rings. The smallest absolute Gasteiger partial charge is 0.400 e. The number of hydrogen-bond acceptors (Lipinski definition) is 6. The molecule has 0 spiro atoms. The van der Waals surface area contributed by atoms with E-state index >= 15 is 0 Å². The summed E-state index contributed by atoms with van der Waals surface area (Å²) in [5.41, 5.74) is -2.39. The fourth-order valence-corrected chi connectivity index (χ4v) is 5.90. The van der Waals surface area contributed by atoms with Gasteiger partial charge in [0.2, 0.25) is 11.8 Å². The number of halogens is 3. The summed E-state index contributed by atoms with van der Waals surface area (Å²) in [6.07, 6.45) is 6.08. The van der Waals surface area contributed by atoms with Crippen molar-refractivity contribution in [1.82, 2.24) is 20.4 Å². The number of carbonyl (C=O) groups excluding carboxylic acids is 2. The molecular formula is C23H27ClF2N6O3S2. The Labute approximate surface area is 226 Å². The van der Waals surface area contributed by atoms with Crippen molar-refractivity contribution in [3.05, 3.63) is 22.1 Å². The highest BCUT2D eigenvalue weighted by molar-refractivity contribution is 7.80. The van der Waals surface area contributed by atoms with Crippen molar-refractivity contribution in [1.29, 1.82) is 0 Å². The van der Waals surface area contributed by atoms with Crippen molar-refractivity contribution in [2.45, 2.75) is 56.6 Å². The Morgan fingerprint density at radius 1 is 1.27 bits per heavy atom. The fourth-order valence-electron chi connectivity index (χ4n) is 4.31. The topological polar surface area (TPSA) is 109 Å². The molecule has 14 heteroatoms. The Kier molecular flexibility index (Phi) is 7.29. The molecule has 0 aromatic carbocycles. The molecule has 0 bridgehead atoms.